The second-order valence-corrected chi connectivity index (χ2v) is 5.68. The van der Waals surface area contributed by atoms with Crippen LogP contribution in [0.1, 0.15) is 16.8 Å². The number of aromatic nitrogens is 1. The molecule has 1 aromatic heterocycles. The van der Waals surface area contributed by atoms with Crippen molar-refractivity contribution < 1.29 is 19.4 Å². The molecule has 2 rings (SSSR count). The van der Waals surface area contributed by atoms with Crippen molar-refractivity contribution in [3.05, 3.63) is 40.4 Å². The lowest BCUT2D eigenvalue weighted by Crippen LogP contribution is -2.20. The number of nitrogens with one attached hydrogen (secondary N) is 1. The molecule has 0 radical (unpaired) electrons. The molecule has 0 atom stereocenters. The summed E-state index contributed by atoms with van der Waals surface area (Å²) < 4.78 is 5.47. The molecule has 1 heterocycles. The van der Waals surface area contributed by atoms with Gasteiger partial charge in [0.15, 0.2) is 11.7 Å². The highest BCUT2D eigenvalue weighted by molar-refractivity contribution is 7.13. The third-order valence-corrected chi connectivity index (χ3v) is 3.63. The number of carboxylic acids is 1. The van der Waals surface area contributed by atoms with E-state index in [9.17, 15) is 9.59 Å². The molecule has 1 aromatic carbocycles. The lowest BCUT2D eigenvalue weighted by Gasteiger charge is -2.09. The molecular weight excluding hydrogens is 304 g/mol. The Morgan fingerprint density at radius 2 is 2.14 bits per heavy atom. The fraction of sp³-hybridized carbons (Fsp3) is 0.267. The van der Waals surface area contributed by atoms with Gasteiger partial charge in [-0.25, -0.2) is 4.98 Å². The van der Waals surface area contributed by atoms with Crippen molar-refractivity contribution in [2.24, 2.45) is 0 Å². The van der Waals surface area contributed by atoms with E-state index in [4.69, 9.17) is 9.84 Å². The first-order valence-corrected chi connectivity index (χ1v) is 7.48. The number of aryl methyl sites for hydroxylation is 2. The minimum atomic E-state index is -0.957. The average Bonchev–Trinajstić information content (AvgIpc) is 2.84. The maximum absolute atomic E-state index is 11.8. The Balaban J connectivity index is 1.87. The van der Waals surface area contributed by atoms with Crippen LogP contribution in [0.25, 0.3) is 0 Å². The van der Waals surface area contributed by atoms with E-state index in [0.717, 1.165) is 11.1 Å². The lowest BCUT2D eigenvalue weighted by molar-refractivity contribution is -0.136. The number of nitrogens with zero attached hydrogens (tertiary/aromatic N) is 1. The molecule has 1 amide bonds. The van der Waals surface area contributed by atoms with E-state index >= 15 is 0 Å². The van der Waals surface area contributed by atoms with Crippen LogP contribution in [0, 0.1) is 13.8 Å². The number of carbonyl (C=O) groups excluding carboxylic acids is 1. The zero-order valence-electron chi connectivity index (χ0n) is 12.3. The molecule has 0 bridgehead atoms. The van der Waals surface area contributed by atoms with Gasteiger partial charge in [-0.1, -0.05) is 17.7 Å². The number of thiazole rings is 1. The first-order valence-electron chi connectivity index (χ1n) is 6.60. The quantitative estimate of drug-likeness (QED) is 0.853. The van der Waals surface area contributed by atoms with Gasteiger partial charge in [-0.15, -0.1) is 11.3 Å². The highest BCUT2D eigenvalue weighted by Gasteiger charge is 2.10. The Morgan fingerprint density at radius 3 is 2.82 bits per heavy atom. The number of carboxylic acid groups (broad SMARTS) is 1. The molecule has 0 unspecified atom stereocenters. The van der Waals surface area contributed by atoms with E-state index in [0.29, 0.717) is 16.6 Å². The highest BCUT2D eigenvalue weighted by atomic mass is 32.1. The number of hydrogen-bond acceptors (Lipinski definition) is 5. The Bertz CT molecular complexity index is 697. The third kappa shape index (κ3) is 4.56. The lowest BCUT2D eigenvalue weighted by atomic mass is 10.1. The number of rotatable bonds is 6. The standard InChI is InChI=1S/C15H16N2O4S/c1-9-3-4-12(10(2)5-9)21-7-13(18)17-15-16-11(8-22-15)6-14(19)20/h3-5,8H,6-7H2,1-2H3,(H,19,20)(H,16,17,18). The monoisotopic (exact) mass is 320 g/mol. The second kappa shape index (κ2) is 7.04. The summed E-state index contributed by atoms with van der Waals surface area (Å²) in [6.45, 7) is 3.78. The number of benzene rings is 1. The number of hydrogen-bond donors (Lipinski definition) is 2. The topological polar surface area (TPSA) is 88.5 Å². The molecule has 22 heavy (non-hydrogen) atoms. The molecule has 116 valence electrons. The highest BCUT2D eigenvalue weighted by Crippen LogP contribution is 2.19. The van der Waals surface area contributed by atoms with Gasteiger partial charge in [0, 0.05) is 5.38 Å². The number of carbonyl (C=O) groups is 2. The molecule has 0 saturated heterocycles. The molecule has 2 N–H and O–H groups in total. The first kappa shape index (κ1) is 16.0. The van der Waals surface area contributed by atoms with Crippen LogP contribution >= 0.6 is 11.3 Å². The SMILES string of the molecule is Cc1ccc(OCC(=O)Nc2nc(CC(=O)O)cs2)c(C)c1. The fourth-order valence-corrected chi connectivity index (χ4v) is 2.59. The Morgan fingerprint density at radius 1 is 1.36 bits per heavy atom. The minimum absolute atomic E-state index is 0.127. The van der Waals surface area contributed by atoms with Crippen LogP contribution < -0.4 is 10.1 Å². The maximum atomic E-state index is 11.8. The summed E-state index contributed by atoms with van der Waals surface area (Å²) in [6, 6.07) is 5.72. The van der Waals surface area contributed by atoms with E-state index in [1.54, 1.807) is 5.38 Å². The van der Waals surface area contributed by atoms with Gasteiger partial charge in [0.25, 0.3) is 5.91 Å². The molecule has 2 aromatic rings. The minimum Gasteiger partial charge on any atom is -0.483 e. The van der Waals surface area contributed by atoms with Crippen molar-refractivity contribution in [2.75, 3.05) is 11.9 Å². The van der Waals surface area contributed by atoms with Crippen LogP contribution in [-0.4, -0.2) is 28.6 Å². The van der Waals surface area contributed by atoms with E-state index in [-0.39, 0.29) is 18.9 Å². The first-order chi connectivity index (χ1) is 10.4. The molecule has 0 aliphatic carbocycles. The van der Waals surface area contributed by atoms with Gasteiger partial charge in [-0.3, -0.25) is 14.9 Å². The largest absolute Gasteiger partial charge is 0.483 e. The molecule has 0 fully saturated rings. The van der Waals surface area contributed by atoms with Crippen molar-refractivity contribution in [1.29, 1.82) is 0 Å². The summed E-state index contributed by atoms with van der Waals surface area (Å²) in [5, 5.41) is 13.2. The number of aliphatic carboxylic acids is 1. The Hall–Kier alpha value is -2.41. The van der Waals surface area contributed by atoms with Crippen molar-refractivity contribution in [3.63, 3.8) is 0 Å². The van der Waals surface area contributed by atoms with Gasteiger partial charge in [-0.05, 0) is 25.5 Å². The van der Waals surface area contributed by atoms with Gasteiger partial charge in [0.05, 0.1) is 12.1 Å². The van der Waals surface area contributed by atoms with Gasteiger partial charge in [0.2, 0.25) is 0 Å². The molecule has 0 aliphatic heterocycles. The van der Waals surface area contributed by atoms with Crippen LogP contribution in [0.4, 0.5) is 5.13 Å². The van der Waals surface area contributed by atoms with Crippen molar-refractivity contribution in [3.8, 4) is 5.75 Å². The summed E-state index contributed by atoms with van der Waals surface area (Å²) in [7, 11) is 0. The molecule has 6 nitrogen and oxygen atoms in total. The molecule has 0 saturated carbocycles. The van der Waals surface area contributed by atoms with Gasteiger partial charge in [0.1, 0.15) is 5.75 Å². The Labute approximate surface area is 131 Å². The van der Waals surface area contributed by atoms with Gasteiger partial charge < -0.3 is 9.84 Å². The van der Waals surface area contributed by atoms with Crippen molar-refractivity contribution in [1.82, 2.24) is 4.98 Å². The van der Waals surface area contributed by atoms with Crippen LogP contribution in [-0.2, 0) is 16.0 Å². The average molecular weight is 320 g/mol. The zero-order chi connectivity index (χ0) is 16.1. The summed E-state index contributed by atoms with van der Waals surface area (Å²) in [6.07, 6.45) is -0.161. The molecule has 7 heteroatoms. The maximum Gasteiger partial charge on any atom is 0.309 e. The van der Waals surface area contributed by atoms with Gasteiger partial charge >= 0.3 is 5.97 Å². The summed E-state index contributed by atoms with van der Waals surface area (Å²) in [5.41, 5.74) is 2.51. The molecular formula is C15H16N2O4S. The smallest absolute Gasteiger partial charge is 0.309 e. The summed E-state index contributed by atoms with van der Waals surface area (Å²) in [4.78, 5) is 26.4. The number of anilines is 1. The van der Waals surface area contributed by atoms with Crippen LogP contribution in [0.3, 0.4) is 0 Å². The summed E-state index contributed by atoms with van der Waals surface area (Å²) in [5.74, 6) is -0.635. The molecule has 0 aliphatic rings. The van der Waals surface area contributed by atoms with Crippen LogP contribution in [0.5, 0.6) is 5.75 Å². The number of amides is 1. The third-order valence-electron chi connectivity index (χ3n) is 2.82. The van der Waals surface area contributed by atoms with Gasteiger partial charge in [-0.2, -0.15) is 0 Å². The molecule has 0 spiro atoms. The van der Waals surface area contributed by atoms with Crippen molar-refractivity contribution >= 4 is 28.3 Å². The Kier molecular flexibility index (Phi) is 5.11. The van der Waals surface area contributed by atoms with E-state index < -0.39 is 5.97 Å². The van der Waals surface area contributed by atoms with Crippen LogP contribution in [0.15, 0.2) is 23.6 Å². The van der Waals surface area contributed by atoms with E-state index in [2.05, 4.69) is 10.3 Å². The normalized spacial score (nSPS) is 10.3. The zero-order valence-corrected chi connectivity index (χ0v) is 13.1. The van der Waals surface area contributed by atoms with Crippen molar-refractivity contribution in [2.45, 2.75) is 20.3 Å². The van der Waals surface area contributed by atoms with Crippen LogP contribution in [0.2, 0.25) is 0 Å². The fourth-order valence-electron chi connectivity index (χ4n) is 1.86. The van der Waals surface area contributed by atoms with E-state index in [1.807, 2.05) is 32.0 Å². The second-order valence-electron chi connectivity index (χ2n) is 4.82. The number of ether oxygens (including phenoxy) is 1. The van der Waals surface area contributed by atoms with E-state index in [1.165, 1.54) is 11.3 Å². The predicted octanol–water partition coefficient (Wildman–Crippen LogP) is 2.40. The predicted molar refractivity (Wildman–Crippen MR) is 83.5 cm³/mol. The summed E-state index contributed by atoms with van der Waals surface area (Å²) >= 11 is 1.18.